The van der Waals surface area contributed by atoms with E-state index in [2.05, 4.69) is 0 Å². The number of piperidine rings is 1. The lowest BCUT2D eigenvalue weighted by atomic mass is 9.86. The summed E-state index contributed by atoms with van der Waals surface area (Å²) in [6, 6.07) is 16.7. The van der Waals surface area contributed by atoms with Crippen LogP contribution in [-0.2, 0) is 32.3 Å². The molecule has 1 heterocycles. The Morgan fingerprint density at radius 1 is 0.933 bits per heavy atom. The topological polar surface area (TPSA) is 113 Å². The Labute approximate surface area is 173 Å². The first-order valence-electron chi connectivity index (χ1n) is 9.53. The van der Waals surface area contributed by atoms with Crippen LogP contribution < -0.4 is 0 Å². The highest BCUT2D eigenvalue weighted by Gasteiger charge is 2.49. The van der Waals surface area contributed by atoms with Gasteiger partial charge in [-0.05, 0) is 11.1 Å². The number of rotatable bonds is 6. The van der Waals surface area contributed by atoms with Crippen molar-refractivity contribution in [2.75, 3.05) is 6.54 Å². The van der Waals surface area contributed by atoms with Crippen LogP contribution in [0.2, 0.25) is 0 Å². The second-order valence-electron chi connectivity index (χ2n) is 7.13. The molecule has 0 aliphatic carbocycles. The fourth-order valence-electron chi connectivity index (χ4n) is 3.24. The molecule has 1 amide bonds. The predicted octanol–water partition coefficient (Wildman–Crippen LogP) is 2.35. The molecule has 2 aromatic rings. The number of carbonyl (C=O) groups excluding carboxylic acids is 2. The van der Waals surface area contributed by atoms with Crippen LogP contribution in [0.15, 0.2) is 60.7 Å². The molecule has 2 atom stereocenters. The van der Waals surface area contributed by atoms with Crippen molar-refractivity contribution in [2.24, 2.45) is 0 Å². The number of aliphatic hydroxyl groups is 1. The van der Waals surface area contributed by atoms with Crippen molar-refractivity contribution < 1.29 is 34.1 Å². The Morgan fingerprint density at radius 2 is 1.47 bits per heavy atom. The number of ether oxygens (including phenoxy) is 2. The zero-order valence-electron chi connectivity index (χ0n) is 16.3. The number of carboxylic acids is 1. The highest BCUT2D eigenvalue weighted by molar-refractivity contribution is 5.85. The Balaban J connectivity index is 1.70. The summed E-state index contributed by atoms with van der Waals surface area (Å²) in [7, 11) is 0. The molecule has 1 saturated heterocycles. The molecule has 2 unspecified atom stereocenters. The molecule has 1 fully saturated rings. The van der Waals surface area contributed by atoms with Crippen LogP contribution in [0.4, 0.5) is 4.79 Å². The van der Waals surface area contributed by atoms with Gasteiger partial charge in [-0.2, -0.15) is 0 Å². The molecule has 0 spiro atoms. The standard InChI is InChI=1S/C22H23NO7/c24-19(29-14-16-7-3-1-4-8-16)18-13-22(28,20(25)26)11-12-23(18)21(27)30-15-17-9-5-2-6-10-17/h1-10,18,28H,11-15H2,(H,25,26). The smallest absolute Gasteiger partial charge is 0.410 e. The first kappa shape index (κ1) is 21.3. The van der Waals surface area contributed by atoms with Crippen LogP contribution in [0.1, 0.15) is 24.0 Å². The van der Waals surface area contributed by atoms with Gasteiger partial charge in [-0.25, -0.2) is 14.4 Å². The van der Waals surface area contributed by atoms with E-state index in [0.717, 1.165) is 16.0 Å². The third-order valence-corrected chi connectivity index (χ3v) is 5.01. The Bertz CT molecular complexity index is 887. The zero-order chi connectivity index (χ0) is 21.6. The Morgan fingerprint density at radius 3 is 2.00 bits per heavy atom. The van der Waals surface area contributed by atoms with Gasteiger partial charge in [-0.3, -0.25) is 4.90 Å². The minimum atomic E-state index is -2.12. The number of carboxylic acid groups (broad SMARTS) is 1. The fourth-order valence-corrected chi connectivity index (χ4v) is 3.24. The normalized spacial score (nSPS) is 21.0. The highest BCUT2D eigenvalue weighted by atomic mass is 16.6. The zero-order valence-corrected chi connectivity index (χ0v) is 16.3. The van der Waals surface area contributed by atoms with Crippen LogP contribution in [0.5, 0.6) is 0 Å². The minimum Gasteiger partial charge on any atom is -0.479 e. The summed E-state index contributed by atoms with van der Waals surface area (Å²) in [6.07, 6.45) is -1.46. The molecular formula is C22H23NO7. The number of benzene rings is 2. The average Bonchev–Trinajstić information content (AvgIpc) is 2.77. The lowest BCUT2D eigenvalue weighted by Crippen LogP contribution is -2.58. The van der Waals surface area contributed by atoms with Gasteiger partial charge >= 0.3 is 18.0 Å². The van der Waals surface area contributed by atoms with E-state index in [1.54, 1.807) is 48.5 Å². The monoisotopic (exact) mass is 413 g/mol. The summed E-state index contributed by atoms with van der Waals surface area (Å²) in [5, 5.41) is 19.7. The van der Waals surface area contributed by atoms with Gasteiger partial charge in [0.15, 0.2) is 5.60 Å². The number of carbonyl (C=O) groups is 3. The molecule has 1 aliphatic heterocycles. The maximum Gasteiger partial charge on any atom is 0.410 e. The van der Waals surface area contributed by atoms with E-state index in [-0.39, 0.29) is 26.2 Å². The van der Waals surface area contributed by atoms with Gasteiger partial charge in [0, 0.05) is 19.4 Å². The first-order chi connectivity index (χ1) is 14.4. The van der Waals surface area contributed by atoms with Gasteiger partial charge in [-0.15, -0.1) is 0 Å². The molecule has 2 aromatic carbocycles. The highest BCUT2D eigenvalue weighted by Crippen LogP contribution is 2.29. The third-order valence-electron chi connectivity index (χ3n) is 5.01. The maximum absolute atomic E-state index is 12.7. The quantitative estimate of drug-likeness (QED) is 0.699. The molecule has 1 aliphatic rings. The maximum atomic E-state index is 12.7. The second-order valence-corrected chi connectivity index (χ2v) is 7.13. The molecule has 158 valence electrons. The van der Waals surface area contributed by atoms with Crippen LogP contribution in [0, 0.1) is 0 Å². The van der Waals surface area contributed by atoms with Gasteiger partial charge in [0.05, 0.1) is 0 Å². The van der Waals surface area contributed by atoms with Crippen molar-refractivity contribution in [1.82, 2.24) is 4.90 Å². The predicted molar refractivity (Wildman–Crippen MR) is 105 cm³/mol. The van der Waals surface area contributed by atoms with E-state index >= 15 is 0 Å². The SMILES string of the molecule is O=C(OCc1ccccc1)C1CC(O)(C(=O)O)CCN1C(=O)OCc1ccccc1. The lowest BCUT2D eigenvalue weighted by molar-refractivity contribution is -0.171. The van der Waals surface area contributed by atoms with Crippen molar-refractivity contribution in [3.8, 4) is 0 Å². The Hall–Kier alpha value is -3.39. The van der Waals surface area contributed by atoms with Gasteiger partial charge in [0.1, 0.15) is 19.3 Å². The number of likely N-dealkylation sites (tertiary alicyclic amines) is 1. The van der Waals surface area contributed by atoms with E-state index in [1.807, 2.05) is 12.1 Å². The van der Waals surface area contributed by atoms with E-state index in [9.17, 15) is 24.6 Å². The number of aliphatic carboxylic acids is 1. The van der Waals surface area contributed by atoms with Gasteiger partial charge in [-0.1, -0.05) is 60.7 Å². The summed E-state index contributed by atoms with van der Waals surface area (Å²) in [6.45, 7) is -0.179. The molecule has 0 bridgehead atoms. The molecule has 2 N–H and O–H groups in total. The largest absolute Gasteiger partial charge is 0.479 e. The van der Waals surface area contributed by atoms with Crippen LogP contribution in [-0.4, -0.2) is 51.3 Å². The molecule has 8 nitrogen and oxygen atoms in total. The van der Waals surface area contributed by atoms with Crippen LogP contribution in [0.3, 0.4) is 0 Å². The van der Waals surface area contributed by atoms with Crippen molar-refractivity contribution in [3.05, 3.63) is 71.8 Å². The van der Waals surface area contributed by atoms with Crippen LogP contribution >= 0.6 is 0 Å². The average molecular weight is 413 g/mol. The number of nitrogens with zero attached hydrogens (tertiary/aromatic N) is 1. The fraction of sp³-hybridized carbons (Fsp3) is 0.318. The second kappa shape index (κ2) is 9.41. The number of hydrogen-bond acceptors (Lipinski definition) is 6. The van der Waals surface area contributed by atoms with Gasteiger partial charge in [0.2, 0.25) is 0 Å². The summed E-state index contributed by atoms with van der Waals surface area (Å²) in [5.41, 5.74) is -0.603. The number of hydrogen-bond donors (Lipinski definition) is 2. The molecule has 3 rings (SSSR count). The van der Waals surface area contributed by atoms with Crippen molar-refractivity contribution >= 4 is 18.0 Å². The summed E-state index contributed by atoms with van der Waals surface area (Å²) in [5.74, 6) is -2.24. The first-order valence-corrected chi connectivity index (χ1v) is 9.53. The molecular weight excluding hydrogens is 390 g/mol. The van der Waals surface area contributed by atoms with Crippen molar-refractivity contribution in [1.29, 1.82) is 0 Å². The van der Waals surface area contributed by atoms with E-state index < -0.39 is 36.1 Å². The van der Waals surface area contributed by atoms with Crippen LogP contribution in [0.25, 0.3) is 0 Å². The molecule has 0 radical (unpaired) electrons. The van der Waals surface area contributed by atoms with E-state index in [1.165, 1.54) is 0 Å². The number of amides is 1. The number of esters is 1. The summed E-state index contributed by atoms with van der Waals surface area (Å²) >= 11 is 0. The Kier molecular flexibility index (Phi) is 6.68. The van der Waals surface area contributed by atoms with E-state index in [0.29, 0.717) is 0 Å². The molecule has 30 heavy (non-hydrogen) atoms. The summed E-state index contributed by atoms with van der Waals surface area (Å²) in [4.78, 5) is 37.9. The summed E-state index contributed by atoms with van der Waals surface area (Å²) < 4.78 is 10.6. The molecule has 0 aromatic heterocycles. The van der Waals surface area contributed by atoms with Crippen molar-refractivity contribution in [2.45, 2.75) is 37.7 Å². The van der Waals surface area contributed by atoms with Crippen molar-refractivity contribution in [3.63, 3.8) is 0 Å². The lowest BCUT2D eigenvalue weighted by Gasteiger charge is -2.39. The molecule has 0 saturated carbocycles. The van der Waals surface area contributed by atoms with E-state index in [4.69, 9.17) is 9.47 Å². The van der Waals surface area contributed by atoms with Gasteiger partial charge in [0.25, 0.3) is 0 Å². The minimum absolute atomic E-state index is 0.00511. The third kappa shape index (κ3) is 5.15. The van der Waals surface area contributed by atoms with Gasteiger partial charge < -0.3 is 19.7 Å². The molecule has 8 heteroatoms.